The zero-order valence-electron chi connectivity index (χ0n) is 16.5. The van der Waals surface area contributed by atoms with Crippen molar-refractivity contribution in [3.8, 4) is 5.75 Å². The molecule has 0 spiro atoms. The second-order valence-electron chi connectivity index (χ2n) is 6.39. The molecule has 0 aliphatic heterocycles. The van der Waals surface area contributed by atoms with E-state index in [1.54, 1.807) is 49.6 Å². The normalized spacial score (nSPS) is 10.3. The first-order chi connectivity index (χ1) is 13.9. The summed E-state index contributed by atoms with van der Waals surface area (Å²) < 4.78 is 9.72. The Morgan fingerprint density at radius 2 is 1.72 bits per heavy atom. The predicted octanol–water partition coefficient (Wildman–Crippen LogP) is 3.85. The highest BCUT2D eigenvalue weighted by Gasteiger charge is 2.14. The third kappa shape index (κ3) is 6.91. The van der Waals surface area contributed by atoms with Crippen molar-refractivity contribution in [2.75, 3.05) is 20.8 Å². The maximum absolute atomic E-state index is 12.6. The van der Waals surface area contributed by atoms with Gasteiger partial charge in [-0.2, -0.15) is 0 Å². The van der Waals surface area contributed by atoms with Gasteiger partial charge in [0.25, 0.3) is 5.91 Å². The van der Waals surface area contributed by atoms with Crippen molar-refractivity contribution in [3.05, 3.63) is 64.2 Å². The zero-order chi connectivity index (χ0) is 21.2. The molecule has 2 rings (SSSR count). The summed E-state index contributed by atoms with van der Waals surface area (Å²) in [6.07, 6.45) is 1.33. The number of esters is 1. The zero-order valence-corrected chi connectivity index (χ0v) is 17.3. The molecule has 0 bridgehead atoms. The number of aryl methyl sites for hydroxylation is 1. The SMILES string of the molecule is COC(=O)CCc1cc(Cl)ccc1C(=O)CCCNC(=O)c1ccc(OC)cc1. The van der Waals surface area contributed by atoms with Crippen LogP contribution < -0.4 is 10.1 Å². The molecule has 0 heterocycles. The second-order valence-corrected chi connectivity index (χ2v) is 6.83. The number of nitrogens with one attached hydrogen (secondary N) is 1. The molecule has 0 saturated heterocycles. The van der Waals surface area contributed by atoms with Gasteiger partial charge in [0.15, 0.2) is 5.78 Å². The summed E-state index contributed by atoms with van der Waals surface area (Å²) in [4.78, 5) is 36.1. The molecule has 154 valence electrons. The number of hydrogen-bond donors (Lipinski definition) is 1. The van der Waals surface area contributed by atoms with Crippen molar-refractivity contribution >= 4 is 29.3 Å². The molecule has 0 aliphatic rings. The van der Waals surface area contributed by atoms with E-state index in [-0.39, 0.29) is 30.5 Å². The van der Waals surface area contributed by atoms with Gasteiger partial charge in [0.05, 0.1) is 14.2 Å². The highest BCUT2D eigenvalue weighted by Crippen LogP contribution is 2.20. The van der Waals surface area contributed by atoms with E-state index >= 15 is 0 Å². The summed E-state index contributed by atoms with van der Waals surface area (Å²) in [6, 6.07) is 11.8. The van der Waals surface area contributed by atoms with Gasteiger partial charge in [0.2, 0.25) is 0 Å². The van der Waals surface area contributed by atoms with E-state index in [4.69, 9.17) is 16.3 Å². The fraction of sp³-hybridized carbons (Fsp3) is 0.318. The van der Waals surface area contributed by atoms with Gasteiger partial charge < -0.3 is 14.8 Å². The summed E-state index contributed by atoms with van der Waals surface area (Å²) >= 11 is 6.03. The van der Waals surface area contributed by atoms with Crippen LogP contribution in [-0.2, 0) is 16.0 Å². The molecule has 29 heavy (non-hydrogen) atoms. The van der Waals surface area contributed by atoms with Crippen LogP contribution in [0.5, 0.6) is 5.75 Å². The third-order valence-electron chi connectivity index (χ3n) is 4.41. The topological polar surface area (TPSA) is 81.7 Å². The van der Waals surface area contributed by atoms with Crippen molar-refractivity contribution in [1.82, 2.24) is 5.32 Å². The van der Waals surface area contributed by atoms with Crippen LogP contribution in [0.4, 0.5) is 0 Å². The van der Waals surface area contributed by atoms with E-state index in [0.717, 1.165) is 5.56 Å². The standard InChI is InChI=1S/C22H24ClNO5/c1-28-18-9-5-15(6-10-18)22(27)24-13-3-4-20(25)19-11-8-17(23)14-16(19)7-12-21(26)29-2/h5-6,8-11,14H,3-4,7,12-13H2,1-2H3,(H,24,27). The van der Waals surface area contributed by atoms with E-state index < -0.39 is 0 Å². The van der Waals surface area contributed by atoms with E-state index in [9.17, 15) is 14.4 Å². The molecule has 1 amide bonds. The molecule has 2 aromatic carbocycles. The van der Waals surface area contributed by atoms with Crippen LogP contribution >= 0.6 is 11.6 Å². The van der Waals surface area contributed by atoms with Crippen molar-refractivity contribution in [1.29, 1.82) is 0 Å². The van der Waals surface area contributed by atoms with Crippen molar-refractivity contribution < 1.29 is 23.9 Å². The molecule has 0 saturated carbocycles. The van der Waals surface area contributed by atoms with Gasteiger partial charge >= 0.3 is 5.97 Å². The minimum Gasteiger partial charge on any atom is -0.497 e. The number of benzene rings is 2. The average Bonchev–Trinajstić information content (AvgIpc) is 2.74. The Bertz CT molecular complexity index is 864. The summed E-state index contributed by atoms with van der Waals surface area (Å²) in [5.41, 5.74) is 1.79. The number of methoxy groups -OCH3 is 2. The number of carbonyl (C=O) groups excluding carboxylic acids is 3. The van der Waals surface area contributed by atoms with Gasteiger partial charge in [-0.25, -0.2) is 0 Å². The van der Waals surface area contributed by atoms with E-state index in [0.29, 0.717) is 41.3 Å². The third-order valence-corrected chi connectivity index (χ3v) is 4.65. The number of ketones is 1. The largest absolute Gasteiger partial charge is 0.497 e. The number of Topliss-reactive ketones (excluding diaryl/α,β-unsaturated/α-hetero) is 1. The van der Waals surface area contributed by atoms with Crippen molar-refractivity contribution in [3.63, 3.8) is 0 Å². The van der Waals surface area contributed by atoms with Crippen LogP contribution in [0.1, 0.15) is 45.5 Å². The molecule has 0 atom stereocenters. The van der Waals surface area contributed by atoms with Crippen LogP contribution in [0.2, 0.25) is 5.02 Å². The fourth-order valence-electron chi connectivity index (χ4n) is 2.81. The van der Waals surface area contributed by atoms with Gasteiger partial charge in [0.1, 0.15) is 5.75 Å². The van der Waals surface area contributed by atoms with Crippen LogP contribution in [0, 0.1) is 0 Å². The Labute approximate surface area is 175 Å². The molecule has 0 aromatic heterocycles. The lowest BCUT2D eigenvalue weighted by atomic mass is 9.97. The molecule has 0 aliphatic carbocycles. The van der Waals surface area contributed by atoms with Crippen LogP contribution in [-0.4, -0.2) is 38.4 Å². The molecule has 0 unspecified atom stereocenters. The number of carbonyl (C=O) groups is 3. The molecule has 2 aromatic rings. The van der Waals surface area contributed by atoms with Gasteiger partial charge in [-0.1, -0.05) is 11.6 Å². The fourth-order valence-corrected chi connectivity index (χ4v) is 3.00. The lowest BCUT2D eigenvalue weighted by Crippen LogP contribution is -2.24. The number of halogens is 1. The molecule has 6 nitrogen and oxygen atoms in total. The maximum atomic E-state index is 12.6. The number of amides is 1. The Kier molecular flexibility index (Phi) is 8.68. The summed E-state index contributed by atoms with van der Waals surface area (Å²) in [5, 5.41) is 3.31. The lowest BCUT2D eigenvalue weighted by Gasteiger charge is -2.10. The van der Waals surface area contributed by atoms with Crippen molar-refractivity contribution in [2.45, 2.75) is 25.7 Å². The van der Waals surface area contributed by atoms with Gasteiger partial charge in [0, 0.05) is 35.5 Å². The summed E-state index contributed by atoms with van der Waals surface area (Å²) in [6.45, 7) is 0.377. The second kappa shape index (κ2) is 11.2. The molecule has 1 N–H and O–H groups in total. The quantitative estimate of drug-likeness (QED) is 0.361. The lowest BCUT2D eigenvalue weighted by molar-refractivity contribution is -0.140. The first kappa shape index (κ1) is 22.4. The first-order valence-corrected chi connectivity index (χ1v) is 9.63. The van der Waals surface area contributed by atoms with Crippen LogP contribution in [0.3, 0.4) is 0 Å². The highest BCUT2D eigenvalue weighted by atomic mass is 35.5. The molecular formula is C22H24ClNO5. The van der Waals surface area contributed by atoms with Crippen LogP contribution in [0.15, 0.2) is 42.5 Å². The Morgan fingerprint density at radius 3 is 2.38 bits per heavy atom. The molecule has 0 fully saturated rings. The van der Waals surface area contributed by atoms with E-state index in [2.05, 4.69) is 10.1 Å². The van der Waals surface area contributed by atoms with Crippen LogP contribution in [0.25, 0.3) is 0 Å². The Hall–Kier alpha value is -2.86. The highest BCUT2D eigenvalue weighted by molar-refractivity contribution is 6.30. The Morgan fingerprint density at radius 1 is 1.00 bits per heavy atom. The maximum Gasteiger partial charge on any atom is 0.305 e. The summed E-state index contributed by atoms with van der Waals surface area (Å²) in [7, 11) is 2.89. The average molecular weight is 418 g/mol. The molecule has 7 heteroatoms. The molecular weight excluding hydrogens is 394 g/mol. The smallest absolute Gasteiger partial charge is 0.305 e. The van der Waals surface area contributed by atoms with E-state index in [1.165, 1.54) is 7.11 Å². The summed E-state index contributed by atoms with van der Waals surface area (Å²) in [5.74, 6) is 0.0772. The predicted molar refractivity (Wildman–Crippen MR) is 111 cm³/mol. The minimum atomic E-state index is -0.343. The number of ether oxygens (including phenoxy) is 2. The van der Waals surface area contributed by atoms with Gasteiger partial charge in [-0.15, -0.1) is 0 Å². The molecule has 0 radical (unpaired) electrons. The monoisotopic (exact) mass is 417 g/mol. The minimum absolute atomic E-state index is 0.0553. The number of rotatable bonds is 10. The van der Waals surface area contributed by atoms with Gasteiger partial charge in [-0.3, -0.25) is 14.4 Å². The first-order valence-electron chi connectivity index (χ1n) is 9.25. The Balaban J connectivity index is 1.87. The van der Waals surface area contributed by atoms with E-state index in [1.807, 2.05) is 0 Å². The van der Waals surface area contributed by atoms with Crippen molar-refractivity contribution in [2.24, 2.45) is 0 Å². The number of hydrogen-bond acceptors (Lipinski definition) is 5. The van der Waals surface area contributed by atoms with Gasteiger partial charge in [-0.05, 0) is 60.9 Å².